The monoisotopic (exact) mass is 319 g/mol. The number of aromatic nitrogens is 4. The fourth-order valence-corrected chi connectivity index (χ4v) is 2.58. The number of nitrogens with two attached hydrogens (primary N) is 3. The van der Waals surface area contributed by atoms with Crippen molar-refractivity contribution >= 4 is 52.1 Å². The zero-order valence-electron chi connectivity index (χ0n) is 10.6. The van der Waals surface area contributed by atoms with Crippen LogP contribution in [0.5, 0.6) is 0 Å². The summed E-state index contributed by atoms with van der Waals surface area (Å²) < 4.78 is 0. The van der Waals surface area contributed by atoms with E-state index in [1.54, 1.807) is 12.1 Å². The van der Waals surface area contributed by atoms with Crippen molar-refractivity contribution in [2.75, 3.05) is 17.2 Å². The van der Waals surface area contributed by atoms with E-state index in [-0.39, 0.29) is 23.2 Å². The summed E-state index contributed by atoms with van der Waals surface area (Å²) in [5.74, 6) is 0.453. The quantitative estimate of drug-likeness (QED) is 0.653. The summed E-state index contributed by atoms with van der Waals surface area (Å²) in [7, 11) is 0. The summed E-state index contributed by atoms with van der Waals surface area (Å²) in [5, 5.41) is 1.18. The molecule has 0 fully saturated rings. The first-order valence-electron chi connectivity index (χ1n) is 5.82. The number of nitrogen functional groups attached to an aromatic ring is 3. The van der Waals surface area contributed by atoms with Crippen molar-refractivity contribution in [1.82, 2.24) is 19.9 Å². The highest BCUT2D eigenvalue weighted by Gasteiger charge is 2.12. The summed E-state index contributed by atoms with van der Waals surface area (Å²) in [6, 6.07) is 7.29. The van der Waals surface area contributed by atoms with E-state index in [9.17, 15) is 0 Å². The van der Waals surface area contributed by atoms with Gasteiger partial charge in [-0.05, 0) is 24.3 Å². The minimum Gasteiger partial charge on any atom is -0.382 e. The third-order valence-electron chi connectivity index (χ3n) is 2.60. The molecule has 0 aliphatic heterocycles. The van der Waals surface area contributed by atoms with Crippen molar-refractivity contribution in [3.63, 3.8) is 0 Å². The highest BCUT2D eigenvalue weighted by molar-refractivity contribution is 7.99. The van der Waals surface area contributed by atoms with Crippen LogP contribution in [0.15, 0.2) is 34.2 Å². The Balaban J connectivity index is 2.06. The largest absolute Gasteiger partial charge is 0.382 e. The van der Waals surface area contributed by atoms with Crippen LogP contribution in [-0.2, 0) is 0 Å². The Hall–Kier alpha value is -2.32. The Labute approximate surface area is 128 Å². The van der Waals surface area contributed by atoms with Crippen LogP contribution in [-0.4, -0.2) is 19.9 Å². The Morgan fingerprint density at radius 2 is 1.57 bits per heavy atom. The number of halogens is 1. The van der Waals surface area contributed by atoms with Gasteiger partial charge in [-0.2, -0.15) is 9.97 Å². The van der Waals surface area contributed by atoms with Crippen LogP contribution in [0.25, 0.3) is 11.2 Å². The molecule has 21 heavy (non-hydrogen) atoms. The lowest BCUT2D eigenvalue weighted by Gasteiger charge is -2.07. The van der Waals surface area contributed by atoms with Crippen molar-refractivity contribution in [2.24, 2.45) is 0 Å². The van der Waals surface area contributed by atoms with Crippen LogP contribution in [0.4, 0.5) is 17.6 Å². The Kier molecular flexibility index (Phi) is 3.40. The number of fused-ring (bicyclic) bond motifs is 1. The zero-order chi connectivity index (χ0) is 15.0. The van der Waals surface area contributed by atoms with E-state index in [0.29, 0.717) is 15.6 Å². The second kappa shape index (κ2) is 5.23. The molecule has 0 amide bonds. The maximum absolute atomic E-state index is 5.90. The minimum atomic E-state index is 0.0341. The molecule has 2 aromatic heterocycles. The highest BCUT2D eigenvalue weighted by Crippen LogP contribution is 2.32. The second-order valence-electron chi connectivity index (χ2n) is 4.11. The highest BCUT2D eigenvalue weighted by atomic mass is 35.5. The van der Waals surface area contributed by atoms with Crippen molar-refractivity contribution < 1.29 is 0 Å². The van der Waals surface area contributed by atoms with Crippen molar-refractivity contribution in [1.29, 1.82) is 0 Å². The Morgan fingerprint density at radius 3 is 2.29 bits per heavy atom. The molecular formula is C12H10ClN7S. The molecule has 3 aromatic rings. The summed E-state index contributed by atoms with van der Waals surface area (Å²) in [5.41, 5.74) is 17.9. The van der Waals surface area contributed by atoms with E-state index >= 15 is 0 Å². The van der Waals surface area contributed by atoms with Gasteiger partial charge in [-0.1, -0.05) is 23.4 Å². The van der Waals surface area contributed by atoms with Crippen LogP contribution in [0.2, 0.25) is 5.02 Å². The number of nitrogens with zero attached hydrogens (tertiary/aromatic N) is 4. The third kappa shape index (κ3) is 2.76. The topological polar surface area (TPSA) is 130 Å². The number of rotatable bonds is 2. The van der Waals surface area contributed by atoms with Gasteiger partial charge in [0.1, 0.15) is 5.03 Å². The van der Waals surface area contributed by atoms with Gasteiger partial charge in [0.15, 0.2) is 22.8 Å². The standard InChI is InChI=1S/C12H10ClN7S/c13-5-1-3-6(4-2-5)21-11-9(15)18-10-7(17-11)8(14)19-12(16)20-10/h1-4H,(H6,14,15,16,18,19,20). The molecule has 3 rings (SSSR count). The predicted octanol–water partition coefficient (Wildman–Crippen LogP) is 1.97. The fraction of sp³-hybridized carbons (Fsp3) is 0. The van der Waals surface area contributed by atoms with E-state index in [4.69, 9.17) is 28.8 Å². The molecule has 0 saturated heterocycles. The maximum Gasteiger partial charge on any atom is 0.224 e. The van der Waals surface area contributed by atoms with Crippen molar-refractivity contribution in [3.8, 4) is 0 Å². The SMILES string of the molecule is Nc1nc(N)c2nc(Sc3ccc(Cl)cc3)c(N)nc2n1. The average molecular weight is 320 g/mol. The van der Waals surface area contributed by atoms with E-state index in [2.05, 4.69) is 19.9 Å². The van der Waals surface area contributed by atoms with E-state index in [1.165, 1.54) is 11.8 Å². The first-order valence-corrected chi connectivity index (χ1v) is 7.02. The molecule has 0 aliphatic carbocycles. The van der Waals surface area contributed by atoms with Gasteiger partial charge < -0.3 is 17.2 Å². The number of benzene rings is 1. The van der Waals surface area contributed by atoms with Gasteiger partial charge in [-0.3, -0.25) is 0 Å². The van der Waals surface area contributed by atoms with E-state index < -0.39 is 0 Å². The molecule has 9 heteroatoms. The van der Waals surface area contributed by atoms with Crippen LogP contribution in [0.3, 0.4) is 0 Å². The molecule has 0 spiro atoms. The molecule has 6 N–H and O–H groups in total. The van der Waals surface area contributed by atoms with Gasteiger partial charge in [0, 0.05) is 9.92 Å². The van der Waals surface area contributed by atoms with Crippen LogP contribution in [0, 0.1) is 0 Å². The lowest BCUT2D eigenvalue weighted by molar-refractivity contribution is 1.09. The van der Waals surface area contributed by atoms with Crippen LogP contribution in [0.1, 0.15) is 0 Å². The predicted molar refractivity (Wildman–Crippen MR) is 83.9 cm³/mol. The van der Waals surface area contributed by atoms with E-state index in [0.717, 1.165) is 4.90 Å². The van der Waals surface area contributed by atoms with Crippen molar-refractivity contribution in [3.05, 3.63) is 29.3 Å². The van der Waals surface area contributed by atoms with Gasteiger partial charge in [0.25, 0.3) is 0 Å². The molecule has 7 nitrogen and oxygen atoms in total. The number of hydrogen-bond acceptors (Lipinski definition) is 8. The van der Waals surface area contributed by atoms with Gasteiger partial charge in [0.05, 0.1) is 0 Å². The zero-order valence-corrected chi connectivity index (χ0v) is 12.2. The molecule has 0 saturated carbocycles. The van der Waals surface area contributed by atoms with Gasteiger partial charge in [-0.15, -0.1) is 0 Å². The maximum atomic E-state index is 5.90. The third-order valence-corrected chi connectivity index (χ3v) is 3.85. The fourth-order valence-electron chi connectivity index (χ4n) is 1.67. The minimum absolute atomic E-state index is 0.0341. The van der Waals surface area contributed by atoms with Gasteiger partial charge in [-0.25, -0.2) is 9.97 Å². The number of hydrogen-bond donors (Lipinski definition) is 3. The summed E-state index contributed by atoms with van der Waals surface area (Å²) in [6.07, 6.45) is 0. The van der Waals surface area contributed by atoms with Gasteiger partial charge >= 0.3 is 0 Å². The molecule has 1 aromatic carbocycles. The summed E-state index contributed by atoms with van der Waals surface area (Å²) in [6.45, 7) is 0. The molecule has 0 unspecified atom stereocenters. The molecule has 0 bridgehead atoms. The van der Waals surface area contributed by atoms with Crippen LogP contribution < -0.4 is 17.2 Å². The second-order valence-corrected chi connectivity index (χ2v) is 5.61. The first kappa shape index (κ1) is 13.7. The lowest BCUT2D eigenvalue weighted by Crippen LogP contribution is -2.05. The van der Waals surface area contributed by atoms with Crippen molar-refractivity contribution in [2.45, 2.75) is 9.92 Å². The summed E-state index contributed by atoms with van der Waals surface area (Å²) in [4.78, 5) is 17.3. The van der Waals surface area contributed by atoms with E-state index in [1.807, 2.05) is 12.1 Å². The van der Waals surface area contributed by atoms with Gasteiger partial charge in [0.2, 0.25) is 5.95 Å². The molecular weight excluding hydrogens is 310 g/mol. The molecule has 0 radical (unpaired) electrons. The molecule has 2 heterocycles. The molecule has 106 valence electrons. The Bertz CT molecular complexity index is 822. The normalized spacial score (nSPS) is 10.9. The first-order chi connectivity index (χ1) is 10.0. The molecule has 0 atom stereocenters. The lowest BCUT2D eigenvalue weighted by atomic mass is 10.4. The average Bonchev–Trinajstić information content (AvgIpc) is 2.42. The van der Waals surface area contributed by atoms with Crippen LogP contribution >= 0.6 is 23.4 Å². The smallest absolute Gasteiger partial charge is 0.224 e. The molecule has 0 aliphatic rings. The summed E-state index contributed by atoms with van der Waals surface area (Å²) >= 11 is 7.20. The number of anilines is 3. The Morgan fingerprint density at radius 1 is 0.857 bits per heavy atom.